The zero-order valence-corrected chi connectivity index (χ0v) is 18.5. The number of aromatic nitrogens is 6. The standard InChI is InChI=1S/C20H20ClN7O4/c1-11-14(17(30)28(26(11)4)12-8-6-5-7-9-12)22-13(29)10-27-15-16(23-19(27)21)24(2)20(32)25(3)18(15)31/h5-9H,10H2,1-4H3,(H,22,29). The summed E-state index contributed by atoms with van der Waals surface area (Å²) >= 11 is 6.17. The number of para-hydroxylation sites is 1. The highest BCUT2D eigenvalue weighted by Crippen LogP contribution is 2.17. The molecule has 1 amide bonds. The van der Waals surface area contributed by atoms with Crippen molar-refractivity contribution in [2.45, 2.75) is 13.5 Å². The lowest BCUT2D eigenvalue weighted by molar-refractivity contribution is -0.116. The molecule has 3 aromatic heterocycles. The predicted octanol–water partition coefficient (Wildman–Crippen LogP) is 0.524. The number of nitrogens with one attached hydrogen (secondary N) is 1. The van der Waals surface area contributed by atoms with Crippen LogP contribution in [0, 0.1) is 6.92 Å². The van der Waals surface area contributed by atoms with Crippen molar-refractivity contribution in [1.29, 1.82) is 0 Å². The van der Waals surface area contributed by atoms with E-state index in [9.17, 15) is 19.2 Å². The van der Waals surface area contributed by atoms with Gasteiger partial charge < -0.3 is 5.32 Å². The maximum Gasteiger partial charge on any atom is 0.332 e. The van der Waals surface area contributed by atoms with E-state index in [1.165, 1.54) is 27.9 Å². The maximum absolute atomic E-state index is 13.0. The van der Waals surface area contributed by atoms with Gasteiger partial charge in [0.05, 0.1) is 11.4 Å². The molecular formula is C20H20ClN7O4. The Morgan fingerprint density at radius 1 is 1.03 bits per heavy atom. The lowest BCUT2D eigenvalue weighted by Crippen LogP contribution is -2.38. The summed E-state index contributed by atoms with van der Waals surface area (Å²) in [6.45, 7) is 1.34. The van der Waals surface area contributed by atoms with Gasteiger partial charge >= 0.3 is 5.69 Å². The molecule has 0 radical (unpaired) electrons. The SMILES string of the molecule is Cc1c(NC(=O)Cn2c(Cl)nc3c2c(=O)n(C)c(=O)n3C)c(=O)n(-c2ccccc2)n1C. The van der Waals surface area contributed by atoms with E-state index in [0.717, 1.165) is 4.57 Å². The van der Waals surface area contributed by atoms with Gasteiger partial charge in [0, 0.05) is 21.1 Å². The Kier molecular flexibility index (Phi) is 5.13. The van der Waals surface area contributed by atoms with Gasteiger partial charge in [0.15, 0.2) is 11.2 Å². The molecule has 3 heterocycles. The number of halogens is 1. The van der Waals surface area contributed by atoms with Crippen LogP contribution >= 0.6 is 11.6 Å². The molecule has 166 valence electrons. The van der Waals surface area contributed by atoms with E-state index in [-0.39, 0.29) is 28.7 Å². The summed E-state index contributed by atoms with van der Waals surface area (Å²) in [6, 6.07) is 9.02. The van der Waals surface area contributed by atoms with Gasteiger partial charge in [-0.1, -0.05) is 18.2 Å². The molecule has 0 atom stereocenters. The molecule has 4 aromatic rings. The average Bonchev–Trinajstić information content (AvgIpc) is 3.20. The van der Waals surface area contributed by atoms with Gasteiger partial charge in [-0.05, 0) is 30.7 Å². The fourth-order valence-electron chi connectivity index (χ4n) is 3.60. The Bertz CT molecular complexity index is 1550. The number of imidazole rings is 1. The second-order valence-electron chi connectivity index (χ2n) is 7.33. The van der Waals surface area contributed by atoms with E-state index in [4.69, 9.17) is 11.6 Å². The number of carbonyl (C=O) groups is 1. The van der Waals surface area contributed by atoms with E-state index in [1.807, 2.05) is 18.2 Å². The quantitative estimate of drug-likeness (QED) is 0.448. The van der Waals surface area contributed by atoms with Crippen molar-refractivity contribution in [3.63, 3.8) is 0 Å². The largest absolute Gasteiger partial charge is 0.332 e. The van der Waals surface area contributed by atoms with E-state index in [1.54, 1.807) is 30.8 Å². The summed E-state index contributed by atoms with van der Waals surface area (Å²) in [7, 11) is 4.50. The molecule has 1 aromatic carbocycles. The third kappa shape index (κ3) is 3.17. The first kappa shape index (κ1) is 21.4. The number of anilines is 1. The Hall–Kier alpha value is -3.86. The van der Waals surface area contributed by atoms with Crippen molar-refractivity contribution >= 4 is 34.4 Å². The Balaban J connectivity index is 1.73. The Morgan fingerprint density at radius 2 is 1.69 bits per heavy atom. The number of carbonyl (C=O) groups excluding carboxylic acids is 1. The third-order valence-corrected chi connectivity index (χ3v) is 5.71. The monoisotopic (exact) mass is 457 g/mol. The number of hydrogen-bond acceptors (Lipinski definition) is 5. The predicted molar refractivity (Wildman–Crippen MR) is 120 cm³/mol. The van der Waals surface area contributed by atoms with Crippen LogP contribution in [0.3, 0.4) is 0 Å². The molecule has 11 nitrogen and oxygen atoms in total. The third-order valence-electron chi connectivity index (χ3n) is 5.42. The van der Waals surface area contributed by atoms with Crippen LogP contribution in [0.5, 0.6) is 0 Å². The summed E-state index contributed by atoms with van der Waals surface area (Å²) in [4.78, 5) is 54.6. The fourth-order valence-corrected chi connectivity index (χ4v) is 3.82. The first-order valence-electron chi connectivity index (χ1n) is 9.59. The lowest BCUT2D eigenvalue weighted by atomic mass is 10.3. The van der Waals surface area contributed by atoms with Gasteiger partial charge in [-0.3, -0.25) is 32.8 Å². The van der Waals surface area contributed by atoms with Crippen molar-refractivity contribution in [3.8, 4) is 5.69 Å². The number of rotatable bonds is 4. The molecule has 0 aliphatic rings. The van der Waals surface area contributed by atoms with Gasteiger partial charge in [0.25, 0.3) is 11.1 Å². The van der Waals surface area contributed by atoms with Crippen LogP contribution in [-0.2, 0) is 32.5 Å². The molecule has 0 unspecified atom stereocenters. The van der Waals surface area contributed by atoms with Crippen LogP contribution in [0.1, 0.15) is 5.69 Å². The molecule has 4 rings (SSSR count). The van der Waals surface area contributed by atoms with Crippen LogP contribution < -0.4 is 22.1 Å². The summed E-state index contributed by atoms with van der Waals surface area (Å²) in [5, 5.41) is 2.50. The lowest BCUT2D eigenvalue weighted by Gasteiger charge is -2.08. The molecule has 0 aliphatic carbocycles. The molecule has 12 heteroatoms. The highest BCUT2D eigenvalue weighted by atomic mass is 35.5. The molecule has 1 N–H and O–H groups in total. The number of aryl methyl sites for hydroxylation is 1. The van der Waals surface area contributed by atoms with Crippen molar-refractivity contribution in [1.82, 2.24) is 28.0 Å². The van der Waals surface area contributed by atoms with Crippen LogP contribution in [-0.4, -0.2) is 34.0 Å². The molecule has 0 spiro atoms. The van der Waals surface area contributed by atoms with E-state index >= 15 is 0 Å². The van der Waals surface area contributed by atoms with Crippen molar-refractivity contribution in [2.75, 3.05) is 5.32 Å². The molecule has 0 saturated carbocycles. The Morgan fingerprint density at radius 3 is 2.34 bits per heavy atom. The number of benzene rings is 1. The Labute approximate surface area is 185 Å². The zero-order valence-electron chi connectivity index (χ0n) is 17.8. The fraction of sp³-hybridized carbons (Fsp3) is 0.250. The van der Waals surface area contributed by atoms with Gasteiger partial charge in [-0.25, -0.2) is 9.48 Å². The minimum absolute atomic E-state index is 0.0150. The first-order valence-corrected chi connectivity index (χ1v) is 9.97. The highest BCUT2D eigenvalue weighted by Gasteiger charge is 2.22. The maximum atomic E-state index is 13.0. The number of fused-ring (bicyclic) bond motifs is 1. The van der Waals surface area contributed by atoms with Gasteiger partial charge in [-0.2, -0.15) is 4.98 Å². The van der Waals surface area contributed by atoms with Gasteiger partial charge in [0.2, 0.25) is 11.2 Å². The summed E-state index contributed by atoms with van der Waals surface area (Å²) in [5.41, 5.74) is -0.192. The summed E-state index contributed by atoms with van der Waals surface area (Å²) < 4.78 is 6.38. The van der Waals surface area contributed by atoms with Crippen molar-refractivity contribution < 1.29 is 4.79 Å². The highest BCUT2D eigenvalue weighted by molar-refractivity contribution is 6.29. The zero-order chi connectivity index (χ0) is 23.3. The minimum atomic E-state index is -0.627. The second-order valence-corrected chi connectivity index (χ2v) is 7.67. The minimum Gasteiger partial charge on any atom is -0.318 e. The number of hydrogen-bond donors (Lipinski definition) is 1. The normalized spacial score (nSPS) is 11.3. The van der Waals surface area contributed by atoms with Gasteiger partial charge in [0.1, 0.15) is 12.2 Å². The van der Waals surface area contributed by atoms with Crippen molar-refractivity contribution in [2.24, 2.45) is 21.1 Å². The van der Waals surface area contributed by atoms with Crippen LogP contribution in [0.4, 0.5) is 5.69 Å². The molecule has 32 heavy (non-hydrogen) atoms. The molecular weight excluding hydrogens is 438 g/mol. The molecule has 0 aliphatic heterocycles. The van der Waals surface area contributed by atoms with Crippen LogP contribution in [0.2, 0.25) is 5.28 Å². The van der Waals surface area contributed by atoms with E-state index in [2.05, 4.69) is 10.3 Å². The van der Waals surface area contributed by atoms with Gasteiger partial charge in [-0.15, -0.1) is 0 Å². The molecule has 0 saturated heterocycles. The second kappa shape index (κ2) is 7.68. The molecule has 0 bridgehead atoms. The summed E-state index contributed by atoms with van der Waals surface area (Å²) in [6.07, 6.45) is 0. The number of amides is 1. The summed E-state index contributed by atoms with van der Waals surface area (Å²) in [5.74, 6) is -0.576. The average molecular weight is 458 g/mol. The van der Waals surface area contributed by atoms with Crippen LogP contribution in [0.25, 0.3) is 16.9 Å². The topological polar surface area (TPSA) is 118 Å². The number of nitrogens with zero attached hydrogens (tertiary/aromatic N) is 6. The molecule has 0 fully saturated rings. The van der Waals surface area contributed by atoms with Crippen molar-refractivity contribution in [3.05, 3.63) is 72.5 Å². The van der Waals surface area contributed by atoms with E-state index < -0.39 is 22.7 Å². The van der Waals surface area contributed by atoms with Crippen LogP contribution in [0.15, 0.2) is 44.7 Å². The smallest absolute Gasteiger partial charge is 0.318 e. The van der Waals surface area contributed by atoms with E-state index in [0.29, 0.717) is 11.4 Å². The first-order chi connectivity index (χ1) is 15.1.